The van der Waals surface area contributed by atoms with Crippen molar-refractivity contribution in [3.63, 3.8) is 0 Å². The Morgan fingerprint density at radius 3 is 2.82 bits per heavy atom. The summed E-state index contributed by atoms with van der Waals surface area (Å²) in [6.07, 6.45) is 4.90. The Balaban J connectivity index is 1.97. The quantitative estimate of drug-likeness (QED) is 0.834. The molecule has 2 aliphatic rings. The van der Waals surface area contributed by atoms with E-state index in [1.807, 2.05) is 0 Å². The van der Waals surface area contributed by atoms with E-state index < -0.39 is 0 Å². The molecule has 3 heterocycles. The van der Waals surface area contributed by atoms with Gasteiger partial charge in [-0.3, -0.25) is 0 Å². The third kappa shape index (κ3) is 2.00. The van der Waals surface area contributed by atoms with Gasteiger partial charge in [-0.25, -0.2) is 4.98 Å². The van der Waals surface area contributed by atoms with Gasteiger partial charge in [0.15, 0.2) is 5.15 Å². The smallest absolute Gasteiger partial charge is 0.150 e. The molecule has 2 aliphatic heterocycles. The molecule has 94 valence electrons. The first kappa shape index (κ1) is 11.5. The van der Waals surface area contributed by atoms with E-state index in [4.69, 9.17) is 11.6 Å². The van der Waals surface area contributed by atoms with Crippen LogP contribution in [0.3, 0.4) is 0 Å². The molecule has 0 saturated carbocycles. The number of nitrogens with zero attached hydrogens (tertiary/aromatic N) is 2. The van der Waals surface area contributed by atoms with Crippen molar-refractivity contribution in [1.82, 2.24) is 14.9 Å². The van der Waals surface area contributed by atoms with Gasteiger partial charge in [-0.2, -0.15) is 0 Å². The minimum Gasteiger partial charge on any atom is -0.330 e. The summed E-state index contributed by atoms with van der Waals surface area (Å²) in [4.78, 5) is 4.67. The van der Waals surface area contributed by atoms with Gasteiger partial charge in [-0.05, 0) is 44.7 Å². The van der Waals surface area contributed by atoms with Crippen molar-refractivity contribution in [2.24, 2.45) is 0 Å². The fraction of sp³-hybridized carbons (Fsp3) is 0.769. The predicted molar refractivity (Wildman–Crippen MR) is 69.7 cm³/mol. The summed E-state index contributed by atoms with van der Waals surface area (Å²) in [5.41, 5.74) is 1.28. The lowest BCUT2D eigenvalue weighted by molar-refractivity contribution is 0.404. The highest BCUT2D eigenvalue weighted by atomic mass is 35.5. The molecule has 0 radical (unpaired) electrons. The van der Waals surface area contributed by atoms with Gasteiger partial charge in [0, 0.05) is 12.5 Å². The predicted octanol–water partition coefficient (Wildman–Crippen LogP) is 2.90. The van der Waals surface area contributed by atoms with Crippen molar-refractivity contribution in [3.05, 3.63) is 16.7 Å². The Labute approximate surface area is 108 Å². The van der Waals surface area contributed by atoms with Crippen LogP contribution in [0.15, 0.2) is 0 Å². The van der Waals surface area contributed by atoms with Crippen molar-refractivity contribution >= 4 is 11.6 Å². The van der Waals surface area contributed by atoms with Crippen LogP contribution in [-0.2, 0) is 6.54 Å². The molecule has 1 unspecified atom stereocenters. The highest BCUT2D eigenvalue weighted by Gasteiger charge is 2.28. The first-order chi connectivity index (χ1) is 8.27. The van der Waals surface area contributed by atoms with E-state index in [2.05, 4.69) is 21.8 Å². The van der Waals surface area contributed by atoms with Crippen LogP contribution in [0.2, 0.25) is 5.15 Å². The maximum absolute atomic E-state index is 6.33. The van der Waals surface area contributed by atoms with Crippen molar-refractivity contribution in [2.45, 2.75) is 51.0 Å². The van der Waals surface area contributed by atoms with E-state index in [0.717, 1.165) is 24.8 Å². The number of hydrogen-bond acceptors (Lipinski definition) is 2. The fourth-order valence-corrected chi connectivity index (χ4v) is 3.62. The third-order valence-corrected chi connectivity index (χ3v) is 4.46. The summed E-state index contributed by atoms with van der Waals surface area (Å²) in [6.45, 7) is 5.60. The Morgan fingerprint density at radius 1 is 1.29 bits per heavy atom. The van der Waals surface area contributed by atoms with Crippen molar-refractivity contribution < 1.29 is 0 Å². The van der Waals surface area contributed by atoms with Crippen LogP contribution in [0.5, 0.6) is 0 Å². The highest BCUT2D eigenvalue weighted by molar-refractivity contribution is 6.30. The zero-order valence-electron chi connectivity index (χ0n) is 10.4. The van der Waals surface area contributed by atoms with Gasteiger partial charge in [-0.15, -0.1) is 0 Å². The van der Waals surface area contributed by atoms with Gasteiger partial charge in [0.05, 0.1) is 5.69 Å². The summed E-state index contributed by atoms with van der Waals surface area (Å²) < 4.78 is 2.41. The van der Waals surface area contributed by atoms with Crippen molar-refractivity contribution in [1.29, 1.82) is 0 Å². The monoisotopic (exact) mass is 253 g/mol. The molecule has 1 atom stereocenters. The summed E-state index contributed by atoms with van der Waals surface area (Å²) in [6, 6.07) is 0. The lowest BCUT2D eigenvalue weighted by Crippen LogP contribution is -2.28. The zero-order chi connectivity index (χ0) is 11.8. The van der Waals surface area contributed by atoms with Crippen LogP contribution in [0, 0.1) is 0 Å². The van der Waals surface area contributed by atoms with Gasteiger partial charge in [-0.1, -0.05) is 18.5 Å². The molecule has 1 aromatic rings. The Hall–Kier alpha value is -0.540. The molecule has 0 aliphatic carbocycles. The van der Waals surface area contributed by atoms with E-state index >= 15 is 0 Å². The molecule has 4 heteroatoms. The van der Waals surface area contributed by atoms with Crippen molar-refractivity contribution in [2.75, 3.05) is 13.1 Å². The zero-order valence-corrected chi connectivity index (χ0v) is 11.1. The standard InChI is InChI=1S/C13H20ClN3/c1-9-3-2-8-17-11(9)12(14)16-13(17)10-4-6-15-7-5-10/h9-10,15H,2-8H2,1H3. The van der Waals surface area contributed by atoms with Crippen LogP contribution in [-0.4, -0.2) is 22.6 Å². The number of hydrogen-bond donors (Lipinski definition) is 1. The van der Waals surface area contributed by atoms with Crippen molar-refractivity contribution in [3.8, 4) is 0 Å². The molecule has 3 nitrogen and oxygen atoms in total. The van der Waals surface area contributed by atoms with Gasteiger partial charge in [0.25, 0.3) is 0 Å². The van der Waals surface area contributed by atoms with Crippen LogP contribution in [0.4, 0.5) is 0 Å². The molecule has 1 N–H and O–H groups in total. The van der Waals surface area contributed by atoms with Crippen LogP contribution >= 0.6 is 11.6 Å². The van der Waals surface area contributed by atoms with Gasteiger partial charge in [0.2, 0.25) is 0 Å². The Kier molecular flexibility index (Phi) is 3.14. The SMILES string of the molecule is CC1CCCn2c(C3CCNCC3)nc(Cl)c21. The summed E-state index contributed by atoms with van der Waals surface area (Å²) >= 11 is 6.33. The second-order valence-corrected chi connectivity index (χ2v) is 5.72. The molecule has 17 heavy (non-hydrogen) atoms. The number of fused-ring (bicyclic) bond motifs is 1. The maximum atomic E-state index is 6.33. The molecule has 0 amide bonds. The van der Waals surface area contributed by atoms with E-state index in [9.17, 15) is 0 Å². The average molecular weight is 254 g/mol. The van der Waals surface area contributed by atoms with Gasteiger partial charge < -0.3 is 9.88 Å². The highest BCUT2D eigenvalue weighted by Crippen LogP contribution is 2.36. The van der Waals surface area contributed by atoms with Gasteiger partial charge in [0.1, 0.15) is 5.82 Å². The molecule has 0 aromatic carbocycles. The Bertz CT molecular complexity index is 407. The lowest BCUT2D eigenvalue weighted by atomic mass is 9.95. The molecule has 1 aromatic heterocycles. The number of imidazole rings is 1. The minimum atomic E-state index is 0.569. The molecular formula is C13H20ClN3. The fourth-order valence-electron chi connectivity index (χ4n) is 3.24. The number of aromatic nitrogens is 2. The first-order valence-corrected chi connectivity index (χ1v) is 7.11. The first-order valence-electron chi connectivity index (χ1n) is 6.74. The second-order valence-electron chi connectivity index (χ2n) is 5.37. The number of halogens is 1. The largest absolute Gasteiger partial charge is 0.330 e. The van der Waals surface area contributed by atoms with E-state index in [1.165, 1.54) is 37.2 Å². The number of rotatable bonds is 1. The van der Waals surface area contributed by atoms with Crippen LogP contribution < -0.4 is 5.32 Å². The summed E-state index contributed by atoms with van der Waals surface area (Å²) in [5.74, 6) is 2.42. The molecule has 3 rings (SSSR count). The maximum Gasteiger partial charge on any atom is 0.150 e. The molecular weight excluding hydrogens is 234 g/mol. The second kappa shape index (κ2) is 4.62. The van der Waals surface area contributed by atoms with E-state index in [1.54, 1.807) is 0 Å². The molecule has 1 saturated heterocycles. The van der Waals surface area contributed by atoms with Crippen LogP contribution in [0.1, 0.15) is 56.0 Å². The third-order valence-electron chi connectivity index (χ3n) is 4.18. The molecule has 1 fully saturated rings. The van der Waals surface area contributed by atoms with E-state index in [0.29, 0.717) is 11.8 Å². The van der Waals surface area contributed by atoms with Crippen LogP contribution in [0.25, 0.3) is 0 Å². The normalized spacial score (nSPS) is 25.9. The summed E-state index contributed by atoms with van der Waals surface area (Å²) in [7, 11) is 0. The Morgan fingerprint density at radius 2 is 2.06 bits per heavy atom. The lowest BCUT2D eigenvalue weighted by Gasteiger charge is -2.27. The summed E-state index contributed by atoms with van der Waals surface area (Å²) in [5, 5.41) is 4.17. The average Bonchev–Trinajstić information content (AvgIpc) is 2.69. The number of nitrogens with one attached hydrogen (secondary N) is 1. The molecule has 0 bridgehead atoms. The number of piperidine rings is 1. The van der Waals surface area contributed by atoms with Gasteiger partial charge >= 0.3 is 0 Å². The topological polar surface area (TPSA) is 29.9 Å². The minimum absolute atomic E-state index is 0.569. The van der Waals surface area contributed by atoms with E-state index in [-0.39, 0.29) is 0 Å². The molecule has 0 spiro atoms.